The molecule has 3 N–H and O–H groups in total. The lowest BCUT2D eigenvalue weighted by molar-refractivity contribution is 0.747. The van der Waals surface area contributed by atoms with Gasteiger partial charge in [-0.25, -0.2) is 9.97 Å². The van der Waals surface area contributed by atoms with Gasteiger partial charge < -0.3 is 11.1 Å². The summed E-state index contributed by atoms with van der Waals surface area (Å²) in [6.07, 6.45) is 3.44. The van der Waals surface area contributed by atoms with Gasteiger partial charge in [0.05, 0.1) is 17.8 Å². The van der Waals surface area contributed by atoms with Crippen molar-refractivity contribution in [2.45, 2.75) is 6.54 Å². The smallest absolute Gasteiger partial charge is 0.137 e. The van der Waals surface area contributed by atoms with Gasteiger partial charge in [-0.2, -0.15) is 5.10 Å². The van der Waals surface area contributed by atoms with Gasteiger partial charge in [-0.15, -0.1) is 0 Å². The van der Waals surface area contributed by atoms with E-state index in [9.17, 15) is 0 Å². The number of aromatic nitrogens is 4. The number of benzene rings is 1. The van der Waals surface area contributed by atoms with E-state index < -0.39 is 0 Å². The van der Waals surface area contributed by atoms with Crippen LogP contribution in [0, 0.1) is 0 Å². The number of rotatable bonds is 3. The van der Waals surface area contributed by atoms with E-state index in [0.717, 1.165) is 22.4 Å². The van der Waals surface area contributed by atoms with Gasteiger partial charge in [-0.3, -0.25) is 4.68 Å². The molecule has 0 saturated heterocycles. The van der Waals surface area contributed by atoms with Crippen molar-refractivity contribution in [1.29, 1.82) is 0 Å². The third-order valence-electron chi connectivity index (χ3n) is 2.87. The quantitative estimate of drug-likeness (QED) is 0.693. The molecule has 0 radical (unpaired) electrons. The van der Waals surface area contributed by atoms with Crippen molar-refractivity contribution in [2.24, 2.45) is 7.05 Å². The SMILES string of the molecule is Cn1ccc(CNc2ncnc3cc(N)ccc23)n1. The van der Waals surface area contributed by atoms with E-state index in [1.54, 1.807) is 4.68 Å². The van der Waals surface area contributed by atoms with Crippen LogP contribution in [-0.4, -0.2) is 19.7 Å². The van der Waals surface area contributed by atoms with Crippen molar-refractivity contribution < 1.29 is 0 Å². The average Bonchev–Trinajstić information content (AvgIpc) is 2.81. The maximum absolute atomic E-state index is 5.75. The number of nitrogens with one attached hydrogen (secondary N) is 1. The highest BCUT2D eigenvalue weighted by Gasteiger charge is 2.04. The van der Waals surface area contributed by atoms with Crippen LogP contribution in [0.1, 0.15) is 5.69 Å². The summed E-state index contributed by atoms with van der Waals surface area (Å²) < 4.78 is 1.77. The summed E-state index contributed by atoms with van der Waals surface area (Å²) in [5, 5.41) is 8.53. The third kappa shape index (κ3) is 2.33. The Morgan fingerprint density at radius 1 is 1.26 bits per heavy atom. The molecule has 2 heterocycles. The lowest BCUT2D eigenvalue weighted by Crippen LogP contribution is -2.04. The van der Waals surface area contributed by atoms with Crippen LogP contribution in [0.5, 0.6) is 0 Å². The molecule has 2 aromatic heterocycles. The lowest BCUT2D eigenvalue weighted by Gasteiger charge is -2.07. The molecule has 0 aliphatic heterocycles. The second-order valence-electron chi connectivity index (χ2n) is 4.33. The van der Waals surface area contributed by atoms with Gasteiger partial charge in [0.15, 0.2) is 0 Å². The van der Waals surface area contributed by atoms with Gasteiger partial charge in [0.2, 0.25) is 0 Å². The first-order valence-corrected chi connectivity index (χ1v) is 5.95. The van der Waals surface area contributed by atoms with Crippen molar-refractivity contribution in [3.63, 3.8) is 0 Å². The van der Waals surface area contributed by atoms with Crippen molar-refractivity contribution >= 4 is 22.4 Å². The summed E-state index contributed by atoms with van der Waals surface area (Å²) in [7, 11) is 1.90. The zero-order valence-electron chi connectivity index (χ0n) is 10.5. The molecule has 0 bridgehead atoms. The van der Waals surface area contributed by atoms with Crippen LogP contribution in [0.2, 0.25) is 0 Å². The molecule has 6 nitrogen and oxygen atoms in total. The van der Waals surface area contributed by atoms with E-state index in [4.69, 9.17) is 5.73 Å². The van der Waals surface area contributed by atoms with Gasteiger partial charge in [-0.1, -0.05) is 0 Å². The maximum Gasteiger partial charge on any atom is 0.137 e. The van der Waals surface area contributed by atoms with Crippen LogP contribution in [0.15, 0.2) is 36.8 Å². The van der Waals surface area contributed by atoms with Crippen LogP contribution < -0.4 is 11.1 Å². The molecule has 0 spiro atoms. The zero-order valence-corrected chi connectivity index (χ0v) is 10.5. The Morgan fingerprint density at radius 2 is 2.16 bits per heavy atom. The summed E-state index contributed by atoms with van der Waals surface area (Å²) in [4.78, 5) is 8.47. The largest absolute Gasteiger partial charge is 0.399 e. The molecule has 0 amide bonds. The second-order valence-corrected chi connectivity index (χ2v) is 4.33. The Kier molecular flexibility index (Phi) is 2.75. The number of hydrogen-bond donors (Lipinski definition) is 2. The minimum atomic E-state index is 0.622. The predicted molar refractivity (Wildman–Crippen MR) is 74.5 cm³/mol. The molecular weight excluding hydrogens is 240 g/mol. The fourth-order valence-corrected chi connectivity index (χ4v) is 1.95. The Morgan fingerprint density at radius 3 is 2.95 bits per heavy atom. The molecule has 0 atom stereocenters. The normalized spacial score (nSPS) is 10.8. The highest BCUT2D eigenvalue weighted by Crippen LogP contribution is 2.21. The molecule has 0 unspecified atom stereocenters. The zero-order chi connectivity index (χ0) is 13.2. The van der Waals surface area contributed by atoms with E-state index in [1.807, 2.05) is 37.5 Å². The maximum atomic E-state index is 5.75. The van der Waals surface area contributed by atoms with E-state index >= 15 is 0 Å². The van der Waals surface area contributed by atoms with Crippen molar-refractivity contribution in [3.05, 3.63) is 42.5 Å². The molecule has 0 aliphatic carbocycles. The van der Waals surface area contributed by atoms with E-state index in [1.165, 1.54) is 6.33 Å². The number of hydrogen-bond acceptors (Lipinski definition) is 5. The standard InChI is InChI=1S/C13H14N6/c1-19-5-4-10(18-19)7-15-13-11-3-2-9(14)6-12(11)16-8-17-13/h2-6,8H,7,14H2,1H3,(H,15,16,17). The van der Waals surface area contributed by atoms with Crippen LogP contribution >= 0.6 is 0 Å². The minimum Gasteiger partial charge on any atom is -0.399 e. The number of nitrogens with zero attached hydrogens (tertiary/aromatic N) is 4. The van der Waals surface area contributed by atoms with Crippen molar-refractivity contribution in [1.82, 2.24) is 19.7 Å². The number of fused-ring (bicyclic) bond motifs is 1. The summed E-state index contributed by atoms with van der Waals surface area (Å²) in [6.45, 7) is 0.622. The van der Waals surface area contributed by atoms with Gasteiger partial charge in [-0.05, 0) is 24.3 Å². The number of nitrogens with two attached hydrogens (primary N) is 1. The Balaban J connectivity index is 1.88. The summed E-state index contributed by atoms with van der Waals surface area (Å²) in [5.41, 5.74) is 8.24. The molecular formula is C13H14N6. The Hall–Kier alpha value is -2.63. The molecule has 1 aromatic carbocycles. The van der Waals surface area contributed by atoms with Gasteiger partial charge in [0.1, 0.15) is 12.1 Å². The monoisotopic (exact) mass is 254 g/mol. The van der Waals surface area contributed by atoms with E-state index in [0.29, 0.717) is 12.2 Å². The first-order chi connectivity index (χ1) is 9.22. The van der Waals surface area contributed by atoms with E-state index in [-0.39, 0.29) is 0 Å². The average molecular weight is 254 g/mol. The van der Waals surface area contributed by atoms with Crippen LogP contribution in [0.3, 0.4) is 0 Å². The lowest BCUT2D eigenvalue weighted by atomic mass is 10.2. The molecule has 3 rings (SSSR count). The predicted octanol–water partition coefficient (Wildman–Crippen LogP) is 1.56. The molecule has 6 heteroatoms. The number of aryl methyl sites for hydroxylation is 1. The van der Waals surface area contributed by atoms with Gasteiger partial charge >= 0.3 is 0 Å². The second kappa shape index (κ2) is 4.56. The van der Waals surface area contributed by atoms with E-state index in [2.05, 4.69) is 20.4 Å². The van der Waals surface area contributed by atoms with Crippen LogP contribution in [0.4, 0.5) is 11.5 Å². The van der Waals surface area contributed by atoms with Gasteiger partial charge in [0, 0.05) is 24.3 Å². The molecule has 19 heavy (non-hydrogen) atoms. The fraction of sp³-hybridized carbons (Fsp3) is 0.154. The molecule has 0 fully saturated rings. The van der Waals surface area contributed by atoms with Crippen molar-refractivity contribution in [2.75, 3.05) is 11.1 Å². The van der Waals surface area contributed by atoms with Gasteiger partial charge in [0.25, 0.3) is 0 Å². The van der Waals surface area contributed by atoms with Crippen LogP contribution in [-0.2, 0) is 13.6 Å². The summed E-state index contributed by atoms with van der Waals surface area (Å²) >= 11 is 0. The molecule has 0 aliphatic rings. The Bertz CT molecular complexity index is 718. The highest BCUT2D eigenvalue weighted by molar-refractivity contribution is 5.90. The highest BCUT2D eigenvalue weighted by atomic mass is 15.3. The van der Waals surface area contributed by atoms with Crippen molar-refractivity contribution in [3.8, 4) is 0 Å². The Labute approximate surface area is 110 Å². The minimum absolute atomic E-state index is 0.622. The number of anilines is 2. The summed E-state index contributed by atoms with van der Waals surface area (Å²) in [5.74, 6) is 0.788. The first kappa shape index (κ1) is 11.5. The third-order valence-corrected chi connectivity index (χ3v) is 2.87. The first-order valence-electron chi connectivity index (χ1n) is 5.95. The topological polar surface area (TPSA) is 81.7 Å². The molecule has 3 aromatic rings. The fourth-order valence-electron chi connectivity index (χ4n) is 1.95. The van der Waals surface area contributed by atoms with Crippen LogP contribution in [0.25, 0.3) is 10.9 Å². The summed E-state index contributed by atoms with van der Waals surface area (Å²) in [6, 6.07) is 7.57. The number of nitrogen functional groups attached to an aromatic ring is 1. The molecule has 0 saturated carbocycles. The molecule has 96 valence electrons.